The minimum absolute atomic E-state index is 0.0139. The Morgan fingerprint density at radius 3 is 1.56 bits per heavy atom. The summed E-state index contributed by atoms with van der Waals surface area (Å²) in [5, 5.41) is 36.7. The van der Waals surface area contributed by atoms with E-state index in [9.17, 15) is 28.2 Å². The predicted octanol–water partition coefficient (Wildman–Crippen LogP) is 0.449. The molecule has 10 nitrogen and oxygen atoms in total. The first-order valence-electron chi connectivity index (χ1n) is 7.54. The van der Waals surface area contributed by atoms with E-state index in [0.29, 0.717) is 0 Å². The normalized spacial score (nSPS) is 21.1. The molecule has 4 rings (SSSR count). The molecular formula is C16H8N4O6S-2. The van der Waals surface area contributed by atoms with E-state index in [1.165, 1.54) is 24.3 Å². The lowest BCUT2D eigenvalue weighted by Gasteiger charge is -2.24. The maximum Gasteiger partial charge on any atom is 0.295 e. The number of hydrogen-bond donors (Lipinski definition) is 0. The third-order valence-corrected chi connectivity index (χ3v) is 5.92. The largest absolute Gasteiger partial charge is 0.830 e. The van der Waals surface area contributed by atoms with Gasteiger partial charge < -0.3 is 10.2 Å². The first-order chi connectivity index (χ1) is 12.8. The van der Waals surface area contributed by atoms with E-state index in [0.717, 1.165) is 12.1 Å². The molecule has 0 fully saturated rings. The summed E-state index contributed by atoms with van der Waals surface area (Å²) in [7, 11) is -4.13. The third-order valence-electron chi connectivity index (χ3n) is 4.17. The summed E-state index contributed by atoms with van der Waals surface area (Å²) in [5.41, 5.74) is -0.223. The van der Waals surface area contributed by atoms with Crippen LogP contribution < -0.4 is 10.2 Å². The minimum atomic E-state index is -4.13. The summed E-state index contributed by atoms with van der Waals surface area (Å²) in [6, 6.07) is 6.85. The average molecular weight is 384 g/mol. The second kappa shape index (κ2) is 5.94. The van der Waals surface area contributed by atoms with E-state index < -0.39 is 34.1 Å². The molecule has 27 heavy (non-hydrogen) atoms. The Labute approximate surface area is 151 Å². The van der Waals surface area contributed by atoms with E-state index in [-0.39, 0.29) is 32.0 Å². The van der Waals surface area contributed by atoms with Crippen LogP contribution in [0.15, 0.2) is 66.6 Å². The number of azo groups is 2. The lowest BCUT2D eigenvalue weighted by Crippen LogP contribution is -2.21. The Hall–Kier alpha value is -3.15. The van der Waals surface area contributed by atoms with Crippen LogP contribution in [0.1, 0.15) is 44.3 Å². The van der Waals surface area contributed by atoms with Crippen molar-refractivity contribution in [2.45, 2.75) is 22.2 Å². The van der Waals surface area contributed by atoms with Crippen LogP contribution >= 0.6 is 0 Å². The Balaban J connectivity index is 1.82. The van der Waals surface area contributed by atoms with Gasteiger partial charge in [-0.3, -0.25) is 9.59 Å². The highest BCUT2D eigenvalue weighted by atomic mass is 32.2. The number of nitrogens with zero attached hydrogens (tertiary/aromatic N) is 4. The third kappa shape index (κ3) is 2.68. The van der Waals surface area contributed by atoms with Gasteiger partial charge in [0.15, 0.2) is 0 Å². The molecule has 2 unspecified atom stereocenters. The van der Waals surface area contributed by atoms with E-state index in [2.05, 4.69) is 20.5 Å². The number of hydrogen-bond acceptors (Lipinski definition) is 8. The Kier molecular flexibility index (Phi) is 3.80. The van der Waals surface area contributed by atoms with Crippen molar-refractivity contribution in [3.8, 4) is 0 Å². The summed E-state index contributed by atoms with van der Waals surface area (Å²) in [6.45, 7) is 0. The van der Waals surface area contributed by atoms with Gasteiger partial charge in [0.1, 0.15) is 0 Å². The fourth-order valence-corrected chi connectivity index (χ4v) is 4.12. The zero-order chi connectivity index (χ0) is 19.3. The number of benzene rings is 2. The van der Waals surface area contributed by atoms with E-state index in [4.69, 9.17) is 0 Å². The van der Waals surface area contributed by atoms with Crippen LogP contribution in [0.5, 0.6) is 0 Å². The van der Waals surface area contributed by atoms with E-state index >= 15 is 0 Å². The number of sulfone groups is 1. The number of fused-ring (bicyclic) bond motifs is 2. The molecular weight excluding hydrogens is 376 g/mol. The van der Waals surface area contributed by atoms with Crippen molar-refractivity contribution in [2.24, 2.45) is 20.5 Å². The van der Waals surface area contributed by atoms with E-state index in [1.54, 1.807) is 0 Å². The number of amides is 2. The minimum Gasteiger partial charge on any atom is -0.830 e. The monoisotopic (exact) mass is 384 g/mol. The highest BCUT2D eigenvalue weighted by molar-refractivity contribution is 7.91. The molecule has 0 saturated heterocycles. The fraction of sp³-hybridized carbons (Fsp3) is 0.125. The average Bonchev–Trinajstić information content (AvgIpc) is 2.67. The summed E-state index contributed by atoms with van der Waals surface area (Å²) in [5.74, 6) is -1.46. The molecule has 0 spiro atoms. The summed E-state index contributed by atoms with van der Waals surface area (Å²) in [6.07, 6.45) is -3.42. The van der Waals surface area contributed by atoms with Gasteiger partial charge in [-0.15, -0.1) is 10.2 Å². The molecule has 0 aliphatic carbocycles. The molecule has 136 valence electrons. The van der Waals surface area contributed by atoms with Crippen LogP contribution in [-0.4, -0.2) is 20.2 Å². The number of carbonyl (C=O) groups excluding carboxylic acids is 2. The van der Waals surface area contributed by atoms with Gasteiger partial charge >= 0.3 is 0 Å². The Morgan fingerprint density at radius 1 is 0.741 bits per heavy atom. The van der Waals surface area contributed by atoms with Gasteiger partial charge in [-0.05, 0) is 47.5 Å². The van der Waals surface area contributed by atoms with Crippen LogP contribution in [0.4, 0.5) is 0 Å². The van der Waals surface area contributed by atoms with Crippen LogP contribution in [0, 0.1) is 0 Å². The SMILES string of the molecule is O=C1N=NC([O-])c2cc(S(=O)(=O)c3ccc4c(c3)C([O-])N=NC4=O)ccc21. The maximum atomic E-state index is 12.9. The van der Waals surface area contributed by atoms with Gasteiger partial charge in [-0.1, -0.05) is 0 Å². The van der Waals surface area contributed by atoms with Gasteiger partial charge in [0, 0.05) is 23.6 Å². The van der Waals surface area contributed by atoms with Crippen molar-refractivity contribution in [2.75, 3.05) is 0 Å². The highest BCUT2D eigenvalue weighted by Crippen LogP contribution is 2.31. The lowest BCUT2D eigenvalue weighted by molar-refractivity contribution is -0.426. The smallest absolute Gasteiger partial charge is 0.295 e. The Morgan fingerprint density at radius 2 is 1.15 bits per heavy atom. The first-order valence-corrected chi connectivity index (χ1v) is 9.02. The number of rotatable bonds is 2. The number of carbonyl (C=O) groups is 2. The second-order valence-electron chi connectivity index (χ2n) is 5.75. The molecule has 0 saturated carbocycles. The topological polar surface area (TPSA) is 164 Å². The summed E-state index contributed by atoms with van der Waals surface area (Å²) < 4.78 is 25.8. The molecule has 0 N–H and O–H groups in total. The van der Waals surface area contributed by atoms with Crippen molar-refractivity contribution < 1.29 is 28.2 Å². The molecule has 0 bridgehead atoms. The molecule has 2 heterocycles. The molecule has 11 heteroatoms. The molecule has 2 aromatic carbocycles. The van der Waals surface area contributed by atoms with Crippen molar-refractivity contribution in [1.29, 1.82) is 0 Å². The molecule has 2 aliphatic rings. The summed E-state index contributed by atoms with van der Waals surface area (Å²) >= 11 is 0. The van der Waals surface area contributed by atoms with Crippen LogP contribution in [-0.2, 0) is 9.84 Å². The van der Waals surface area contributed by atoms with Crippen molar-refractivity contribution in [1.82, 2.24) is 0 Å². The Bertz CT molecular complexity index is 1090. The van der Waals surface area contributed by atoms with Gasteiger partial charge in [-0.25, -0.2) is 8.42 Å². The van der Waals surface area contributed by atoms with Crippen LogP contribution in [0.2, 0.25) is 0 Å². The van der Waals surface area contributed by atoms with Crippen LogP contribution in [0.25, 0.3) is 0 Å². The van der Waals surface area contributed by atoms with Crippen molar-refractivity contribution in [3.63, 3.8) is 0 Å². The quantitative estimate of drug-likeness (QED) is 0.729. The maximum absolute atomic E-state index is 12.9. The molecule has 0 aromatic heterocycles. The van der Waals surface area contributed by atoms with E-state index in [1.807, 2.05) is 0 Å². The van der Waals surface area contributed by atoms with Gasteiger partial charge in [0.05, 0.1) is 9.79 Å². The zero-order valence-corrected chi connectivity index (χ0v) is 14.1. The highest BCUT2D eigenvalue weighted by Gasteiger charge is 2.26. The predicted molar refractivity (Wildman–Crippen MR) is 82.2 cm³/mol. The van der Waals surface area contributed by atoms with Crippen molar-refractivity contribution in [3.05, 3.63) is 58.7 Å². The first kappa shape index (κ1) is 17.3. The van der Waals surface area contributed by atoms with Gasteiger partial charge in [0.25, 0.3) is 11.8 Å². The molecule has 2 aliphatic heterocycles. The zero-order valence-electron chi connectivity index (χ0n) is 13.3. The summed E-state index contributed by atoms with van der Waals surface area (Å²) in [4.78, 5) is 22.8. The van der Waals surface area contributed by atoms with Gasteiger partial charge in [-0.2, -0.15) is 10.2 Å². The van der Waals surface area contributed by atoms with Gasteiger partial charge in [0.2, 0.25) is 9.84 Å². The van der Waals surface area contributed by atoms with Crippen LogP contribution in [0.3, 0.4) is 0 Å². The molecule has 2 atom stereocenters. The second-order valence-corrected chi connectivity index (χ2v) is 7.70. The molecule has 0 radical (unpaired) electrons. The molecule has 2 amide bonds. The fourth-order valence-electron chi connectivity index (χ4n) is 2.79. The van der Waals surface area contributed by atoms with Crippen molar-refractivity contribution >= 4 is 21.7 Å². The lowest BCUT2D eigenvalue weighted by atomic mass is 10.0. The molecule has 2 aromatic rings. The standard InChI is InChI=1S/C16H8N4O6S/c21-13-9-3-1-7(5-11(9)15(23)19-17-13)27(25,26)8-2-4-10-12(6-8)16(24)20-18-14(10)22/h1-6,15-16H/q-2.